The van der Waals surface area contributed by atoms with E-state index in [-0.39, 0.29) is 0 Å². The average Bonchev–Trinajstić information content (AvgIpc) is 2.48. The van der Waals surface area contributed by atoms with Crippen LogP contribution in [0.1, 0.15) is 46.5 Å². The van der Waals surface area contributed by atoms with Crippen LogP contribution in [0.4, 0.5) is 0 Å². The van der Waals surface area contributed by atoms with Crippen LogP contribution in [0.2, 0.25) is 0 Å². The molecule has 2 rings (SSSR count). The van der Waals surface area contributed by atoms with Crippen molar-refractivity contribution < 1.29 is 4.74 Å². The minimum atomic E-state index is 0.639. The van der Waals surface area contributed by atoms with E-state index in [0.717, 1.165) is 5.92 Å². The molecule has 0 aromatic heterocycles. The third-order valence-electron chi connectivity index (χ3n) is 2.41. The molecule has 2 fully saturated rings. The summed E-state index contributed by atoms with van der Waals surface area (Å²) in [5, 5.41) is 0. The summed E-state index contributed by atoms with van der Waals surface area (Å²) in [6.07, 6.45) is 6.51. The standard InChI is InChI=1S/C7H12O.C3H8/c1-5-4-6-2-3-7(5)8-6;1-3-2/h5-7H,2-4H2,1H3;3H2,1-2H3. The molecule has 0 spiro atoms. The highest BCUT2D eigenvalue weighted by molar-refractivity contribution is 4.86. The monoisotopic (exact) mass is 156 g/mol. The van der Waals surface area contributed by atoms with Crippen LogP contribution in [0.15, 0.2) is 0 Å². The summed E-state index contributed by atoms with van der Waals surface area (Å²) in [4.78, 5) is 0. The van der Waals surface area contributed by atoms with Crippen LogP contribution in [-0.4, -0.2) is 12.2 Å². The Balaban J connectivity index is 0.000000179. The molecule has 3 atom stereocenters. The smallest absolute Gasteiger partial charge is 0.0606 e. The van der Waals surface area contributed by atoms with Gasteiger partial charge in [0.25, 0.3) is 0 Å². The van der Waals surface area contributed by atoms with Gasteiger partial charge >= 0.3 is 0 Å². The Bertz CT molecular complexity index is 109. The molecule has 3 unspecified atom stereocenters. The second-order valence-corrected chi connectivity index (χ2v) is 3.79. The summed E-state index contributed by atoms with van der Waals surface area (Å²) in [5.41, 5.74) is 0. The molecule has 2 heterocycles. The summed E-state index contributed by atoms with van der Waals surface area (Å²) < 4.78 is 5.58. The quantitative estimate of drug-likeness (QED) is 0.524. The van der Waals surface area contributed by atoms with E-state index in [1.807, 2.05) is 0 Å². The van der Waals surface area contributed by atoms with Gasteiger partial charge in [0.05, 0.1) is 12.2 Å². The van der Waals surface area contributed by atoms with Crippen molar-refractivity contribution in [2.45, 2.75) is 58.7 Å². The highest BCUT2D eigenvalue weighted by Crippen LogP contribution is 2.37. The lowest BCUT2D eigenvalue weighted by Crippen LogP contribution is -2.11. The average molecular weight is 156 g/mol. The molecule has 0 aromatic rings. The van der Waals surface area contributed by atoms with Crippen molar-refractivity contribution in [3.05, 3.63) is 0 Å². The fourth-order valence-electron chi connectivity index (χ4n) is 1.89. The Morgan fingerprint density at radius 2 is 1.91 bits per heavy atom. The lowest BCUT2D eigenvalue weighted by molar-refractivity contribution is 0.0949. The fraction of sp³-hybridized carbons (Fsp3) is 1.00. The van der Waals surface area contributed by atoms with Crippen molar-refractivity contribution in [2.24, 2.45) is 5.92 Å². The summed E-state index contributed by atoms with van der Waals surface area (Å²) in [5.74, 6) is 0.855. The van der Waals surface area contributed by atoms with Crippen LogP contribution in [0.5, 0.6) is 0 Å². The topological polar surface area (TPSA) is 9.23 Å². The SMILES string of the molecule is CC1CC2CCC1O2.CCC. The molecule has 0 radical (unpaired) electrons. The van der Waals surface area contributed by atoms with Gasteiger partial charge < -0.3 is 4.74 Å². The molecule has 66 valence electrons. The highest BCUT2D eigenvalue weighted by atomic mass is 16.5. The van der Waals surface area contributed by atoms with E-state index in [4.69, 9.17) is 4.74 Å². The second kappa shape index (κ2) is 4.10. The molecular weight excluding hydrogens is 136 g/mol. The summed E-state index contributed by atoms with van der Waals surface area (Å²) in [7, 11) is 0. The summed E-state index contributed by atoms with van der Waals surface area (Å²) in [6.45, 7) is 6.55. The van der Waals surface area contributed by atoms with Crippen molar-refractivity contribution in [3.63, 3.8) is 0 Å². The van der Waals surface area contributed by atoms with E-state index in [9.17, 15) is 0 Å². The van der Waals surface area contributed by atoms with Gasteiger partial charge in [-0.1, -0.05) is 27.2 Å². The number of hydrogen-bond donors (Lipinski definition) is 0. The highest BCUT2D eigenvalue weighted by Gasteiger charge is 2.37. The zero-order valence-electron chi connectivity index (χ0n) is 7.97. The molecule has 0 saturated carbocycles. The van der Waals surface area contributed by atoms with E-state index in [1.165, 1.54) is 25.7 Å². The first kappa shape index (κ1) is 9.05. The van der Waals surface area contributed by atoms with Gasteiger partial charge in [0.1, 0.15) is 0 Å². The van der Waals surface area contributed by atoms with Crippen LogP contribution in [0, 0.1) is 5.92 Å². The first-order valence-corrected chi connectivity index (χ1v) is 4.93. The molecular formula is C10H20O. The maximum Gasteiger partial charge on any atom is 0.0606 e. The van der Waals surface area contributed by atoms with Crippen LogP contribution in [0.3, 0.4) is 0 Å². The summed E-state index contributed by atoms with van der Waals surface area (Å²) in [6, 6.07) is 0. The number of ether oxygens (including phenoxy) is 1. The minimum absolute atomic E-state index is 0.639. The van der Waals surface area contributed by atoms with Crippen LogP contribution in [-0.2, 0) is 4.74 Å². The van der Waals surface area contributed by atoms with Gasteiger partial charge in [0.2, 0.25) is 0 Å². The van der Waals surface area contributed by atoms with Gasteiger partial charge in [0, 0.05) is 0 Å². The van der Waals surface area contributed by atoms with Crippen molar-refractivity contribution >= 4 is 0 Å². The zero-order valence-corrected chi connectivity index (χ0v) is 7.97. The molecule has 1 heteroatoms. The van der Waals surface area contributed by atoms with Gasteiger partial charge in [-0.05, 0) is 25.2 Å². The number of hydrogen-bond acceptors (Lipinski definition) is 1. The Morgan fingerprint density at radius 3 is 2.09 bits per heavy atom. The van der Waals surface area contributed by atoms with E-state index < -0.39 is 0 Å². The Hall–Kier alpha value is -0.0400. The molecule has 0 aromatic carbocycles. The molecule has 0 N–H and O–H groups in total. The minimum Gasteiger partial charge on any atom is -0.375 e. The maximum atomic E-state index is 5.58. The maximum absolute atomic E-state index is 5.58. The molecule has 1 nitrogen and oxygen atoms in total. The molecule has 2 bridgehead atoms. The van der Waals surface area contributed by atoms with Gasteiger partial charge in [-0.3, -0.25) is 0 Å². The molecule has 2 aliphatic heterocycles. The number of fused-ring (bicyclic) bond motifs is 2. The van der Waals surface area contributed by atoms with E-state index >= 15 is 0 Å². The van der Waals surface area contributed by atoms with Gasteiger partial charge in [0.15, 0.2) is 0 Å². The van der Waals surface area contributed by atoms with Crippen molar-refractivity contribution in [2.75, 3.05) is 0 Å². The van der Waals surface area contributed by atoms with Crippen molar-refractivity contribution in [3.8, 4) is 0 Å². The van der Waals surface area contributed by atoms with Gasteiger partial charge in [-0.15, -0.1) is 0 Å². The molecule has 11 heavy (non-hydrogen) atoms. The predicted molar refractivity (Wildman–Crippen MR) is 47.6 cm³/mol. The normalized spacial score (nSPS) is 40.1. The zero-order chi connectivity index (χ0) is 8.27. The van der Waals surface area contributed by atoms with Crippen LogP contribution < -0.4 is 0 Å². The van der Waals surface area contributed by atoms with E-state index in [2.05, 4.69) is 20.8 Å². The van der Waals surface area contributed by atoms with Crippen molar-refractivity contribution in [1.29, 1.82) is 0 Å². The first-order chi connectivity index (χ1) is 5.27. The van der Waals surface area contributed by atoms with Crippen molar-refractivity contribution in [1.82, 2.24) is 0 Å². The lowest BCUT2D eigenvalue weighted by atomic mass is 9.91. The molecule has 0 amide bonds. The third kappa shape index (κ3) is 2.19. The fourth-order valence-corrected chi connectivity index (χ4v) is 1.89. The Morgan fingerprint density at radius 1 is 1.27 bits per heavy atom. The molecule has 2 saturated heterocycles. The third-order valence-corrected chi connectivity index (χ3v) is 2.41. The predicted octanol–water partition coefficient (Wildman–Crippen LogP) is 2.99. The summed E-state index contributed by atoms with van der Waals surface area (Å²) >= 11 is 0. The van der Waals surface area contributed by atoms with E-state index in [1.54, 1.807) is 0 Å². The van der Waals surface area contributed by atoms with Gasteiger partial charge in [-0.25, -0.2) is 0 Å². The number of rotatable bonds is 0. The molecule has 0 aliphatic carbocycles. The van der Waals surface area contributed by atoms with Gasteiger partial charge in [-0.2, -0.15) is 0 Å². The first-order valence-electron chi connectivity index (χ1n) is 4.93. The van der Waals surface area contributed by atoms with Crippen LogP contribution >= 0.6 is 0 Å². The Labute approximate surface area is 70.1 Å². The lowest BCUT2D eigenvalue weighted by Gasteiger charge is -2.11. The second-order valence-electron chi connectivity index (χ2n) is 3.79. The largest absolute Gasteiger partial charge is 0.375 e. The Kier molecular flexibility index (Phi) is 3.38. The molecule has 2 aliphatic rings. The van der Waals surface area contributed by atoms with Crippen LogP contribution in [0.25, 0.3) is 0 Å². The van der Waals surface area contributed by atoms with E-state index in [0.29, 0.717) is 12.2 Å².